The predicted molar refractivity (Wildman–Crippen MR) is 88.6 cm³/mol. The minimum absolute atomic E-state index is 0.155. The first kappa shape index (κ1) is 14.7. The van der Waals surface area contributed by atoms with Gasteiger partial charge in [-0.2, -0.15) is 0 Å². The lowest BCUT2D eigenvalue weighted by atomic mass is 10.2. The molecule has 6 nitrogen and oxygen atoms in total. The molecule has 112 valence electrons. The third kappa shape index (κ3) is 3.34. The summed E-state index contributed by atoms with van der Waals surface area (Å²) in [7, 11) is 0. The second-order valence-electron chi connectivity index (χ2n) is 4.52. The van der Waals surface area contributed by atoms with E-state index in [-0.39, 0.29) is 17.2 Å². The molecule has 8 heteroatoms. The van der Waals surface area contributed by atoms with E-state index in [4.69, 9.17) is 0 Å². The summed E-state index contributed by atoms with van der Waals surface area (Å²) in [6.45, 7) is 1.99. The number of carbonyl (C=O) groups is 1. The molecule has 2 N–H and O–H groups in total. The number of H-pyrrole nitrogens is 1. The van der Waals surface area contributed by atoms with Crippen molar-refractivity contribution in [3.8, 4) is 0 Å². The van der Waals surface area contributed by atoms with Crippen molar-refractivity contribution < 1.29 is 4.79 Å². The molecular formula is C14H12N4O2S2. The van der Waals surface area contributed by atoms with E-state index >= 15 is 0 Å². The van der Waals surface area contributed by atoms with Crippen molar-refractivity contribution in [1.82, 2.24) is 15.0 Å². The first-order chi connectivity index (χ1) is 10.6. The van der Waals surface area contributed by atoms with Gasteiger partial charge in [0.05, 0.1) is 16.0 Å². The van der Waals surface area contributed by atoms with Gasteiger partial charge in [0.15, 0.2) is 10.3 Å². The number of nitrogens with one attached hydrogen (secondary N) is 2. The summed E-state index contributed by atoms with van der Waals surface area (Å²) in [5.41, 5.74) is 1.75. The number of aromatic nitrogens is 3. The topological polar surface area (TPSA) is 87.7 Å². The molecule has 2 heterocycles. The van der Waals surface area contributed by atoms with Gasteiger partial charge in [0.25, 0.3) is 5.56 Å². The smallest absolute Gasteiger partial charge is 0.251 e. The Labute approximate surface area is 134 Å². The number of carbonyl (C=O) groups excluding carboxylic acids is 1. The standard InChI is InChI=1S/C14H12N4O2S2/c1-8-3-2-4-9-12(8)18-14(22-9)17-11(20)7-21-13-15-6-5-10(19)16-13/h2-6H,7H2,1H3,(H,15,16,19)(H,17,18,20). The molecule has 0 spiro atoms. The molecular weight excluding hydrogens is 320 g/mol. The molecule has 0 aliphatic carbocycles. The van der Waals surface area contributed by atoms with Crippen LogP contribution in [0.3, 0.4) is 0 Å². The molecule has 1 aromatic carbocycles. The molecule has 0 bridgehead atoms. The van der Waals surface area contributed by atoms with Crippen LogP contribution in [0.5, 0.6) is 0 Å². The molecule has 3 rings (SSSR count). The normalized spacial score (nSPS) is 10.8. The molecule has 2 aromatic heterocycles. The molecule has 0 aliphatic heterocycles. The number of rotatable bonds is 4. The molecule has 3 aromatic rings. The number of nitrogens with zero attached hydrogens (tertiary/aromatic N) is 2. The molecule has 0 aliphatic rings. The van der Waals surface area contributed by atoms with E-state index < -0.39 is 0 Å². The number of aromatic amines is 1. The Morgan fingerprint density at radius 2 is 2.27 bits per heavy atom. The van der Waals surface area contributed by atoms with E-state index in [2.05, 4.69) is 20.3 Å². The Morgan fingerprint density at radius 3 is 3.05 bits per heavy atom. The van der Waals surface area contributed by atoms with E-state index in [0.29, 0.717) is 10.3 Å². The number of amides is 1. The minimum atomic E-state index is -0.237. The van der Waals surface area contributed by atoms with Crippen LogP contribution in [0, 0.1) is 6.92 Å². The van der Waals surface area contributed by atoms with Gasteiger partial charge < -0.3 is 10.3 Å². The lowest BCUT2D eigenvalue weighted by Gasteiger charge is -2.00. The van der Waals surface area contributed by atoms with Crippen LogP contribution in [-0.2, 0) is 4.79 Å². The zero-order valence-electron chi connectivity index (χ0n) is 11.6. The van der Waals surface area contributed by atoms with Gasteiger partial charge in [-0.1, -0.05) is 35.2 Å². The number of para-hydroxylation sites is 1. The second kappa shape index (κ2) is 6.29. The summed E-state index contributed by atoms with van der Waals surface area (Å²) in [6, 6.07) is 7.26. The second-order valence-corrected chi connectivity index (χ2v) is 6.51. The number of hydrogen-bond acceptors (Lipinski definition) is 6. The van der Waals surface area contributed by atoms with Gasteiger partial charge in [-0.3, -0.25) is 9.59 Å². The Bertz CT molecular complexity index is 888. The number of aryl methyl sites for hydroxylation is 1. The summed E-state index contributed by atoms with van der Waals surface area (Å²) in [5.74, 6) is -0.0322. The van der Waals surface area contributed by atoms with Crippen LogP contribution < -0.4 is 10.9 Å². The number of benzene rings is 1. The number of thiazole rings is 1. The predicted octanol–water partition coefficient (Wildman–Crippen LogP) is 2.42. The van der Waals surface area contributed by atoms with Crippen LogP contribution in [0.2, 0.25) is 0 Å². The molecule has 0 radical (unpaired) electrons. The Hall–Kier alpha value is -2.19. The van der Waals surface area contributed by atoms with Gasteiger partial charge in [-0.05, 0) is 18.6 Å². The first-order valence-corrected chi connectivity index (χ1v) is 8.26. The fraction of sp³-hybridized carbons (Fsp3) is 0.143. The largest absolute Gasteiger partial charge is 0.301 e. The number of anilines is 1. The van der Waals surface area contributed by atoms with Gasteiger partial charge in [0.1, 0.15) is 0 Å². The van der Waals surface area contributed by atoms with Crippen LogP contribution in [0.1, 0.15) is 5.56 Å². The van der Waals surface area contributed by atoms with Crippen LogP contribution in [-0.4, -0.2) is 26.6 Å². The highest BCUT2D eigenvalue weighted by molar-refractivity contribution is 7.99. The monoisotopic (exact) mass is 332 g/mol. The summed E-state index contributed by atoms with van der Waals surface area (Å²) >= 11 is 2.61. The molecule has 0 atom stereocenters. The van der Waals surface area contributed by atoms with Gasteiger partial charge in [0, 0.05) is 12.3 Å². The average Bonchev–Trinajstić information content (AvgIpc) is 2.89. The molecule has 0 saturated heterocycles. The molecule has 0 saturated carbocycles. The molecule has 0 unspecified atom stereocenters. The van der Waals surface area contributed by atoms with E-state index in [0.717, 1.165) is 15.8 Å². The van der Waals surface area contributed by atoms with E-state index in [1.807, 2.05) is 25.1 Å². The average molecular weight is 332 g/mol. The first-order valence-electron chi connectivity index (χ1n) is 6.46. The van der Waals surface area contributed by atoms with Crippen molar-refractivity contribution in [2.24, 2.45) is 0 Å². The number of thioether (sulfide) groups is 1. The van der Waals surface area contributed by atoms with Crippen LogP contribution >= 0.6 is 23.1 Å². The maximum Gasteiger partial charge on any atom is 0.251 e. The molecule has 1 amide bonds. The van der Waals surface area contributed by atoms with Crippen LogP contribution in [0.15, 0.2) is 40.4 Å². The lowest BCUT2D eigenvalue weighted by molar-refractivity contribution is -0.113. The van der Waals surface area contributed by atoms with Crippen LogP contribution in [0.25, 0.3) is 10.2 Å². The lowest BCUT2D eigenvalue weighted by Crippen LogP contribution is -2.14. The summed E-state index contributed by atoms with van der Waals surface area (Å²) in [6.07, 6.45) is 1.41. The van der Waals surface area contributed by atoms with Crippen molar-refractivity contribution in [3.63, 3.8) is 0 Å². The highest BCUT2D eigenvalue weighted by Gasteiger charge is 2.10. The number of fused-ring (bicyclic) bond motifs is 1. The maximum atomic E-state index is 11.9. The third-order valence-electron chi connectivity index (χ3n) is 2.85. The fourth-order valence-corrected chi connectivity index (χ4v) is 3.46. The summed E-state index contributed by atoms with van der Waals surface area (Å²) in [5, 5.41) is 3.76. The van der Waals surface area contributed by atoms with Crippen molar-refractivity contribution >= 4 is 44.4 Å². The highest BCUT2D eigenvalue weighted by atomic mass is 32.2. The molecule has 0 fully saturated rings. The van der Waals surface area contributed by atoms with Gasteiger partial charge in [0.2, 0.25) is 5.91 Å². The van der Waals surface area contributed by atoms with Crippen molar-refractivity contribution in [3.05, 3.63) is 46.4 Å². The minimum Gasteiger partial charge on any atom is -0.301 e. The van der Waals surface area contributed by atoms with E-state index in [1.165, 1.54) is 35.4 Å². The van der Waals surface area contributed by atoms with Gasteiger partial charge >= 0.3 is 0 Å². The highest BCUT2D eigenvalue weighted by Crippen LogP contribution is 2.28. The van der Waals surface area contributed by atoms with Crippen molar-refractivity contribution in [2.75, 3.05) is 11.1 Å². The van der Waals surface area contributed by atoms with E-state index in [9.17, 15) is 9.59 Å². The third-order valence-corrected chi connectivity index (χ3v) is 4.68. The SMILES string of the molecule is Cc1cccc2sc(NC(=O)CSc3nccc(=O)[nH]3)nc12. The fourth-order valence-electron chi connectivity index (χ4n) is 1.85. The number of hydrogen-bond donors (Lipinski definition) is 2. The summed E-state index contributed by atoms with van der Waals surface area (Å²) in [4.78, 5) is 34.1. The van der Waals surface area contributed by atoms with Crippen LogP contribution in [0.4, 0.5) is 5.13 Å². The molecule has 22 heavy (non-hydrogen) atoms. The quantitative estimate of drug-likeness (QED) is 0.566. The van der Waals surface area contributed by atoms with Gasteiger partial charge in [-0.15, -0.1) is 0 Å². The van der Waals surface area contributed by atoms with Gasteiger partial charge in [-0.25, -0.2) is 9.97 Å². The Balaban J connectivity index is 1.65. The van der Waals surface area contributed by atoms with Crippen molar-refractivity contribution in [1.29, 1.82) is 0 Å². The zero-order valence-corrected chi connectivity index (χ0v) is 13.3. The van der Waals surface area contributed by atoms with Crippen molar-refractivity contribution in [2.45, 2.75) is 12.1 Å². The maximum absolute atomic E-state index is 11.9. The Morgan fingerprint density at radius 1 is 1.41 bits per heavy atom. The van der Waals surface area contributed by atoms with E-state index in [1.54, 1.807) is 0 Å². The Kier molecular flexibility index (Phi) is 4.21. The zero-order chi connectivity index (χ0) is 15.5. The summed E-state index contributed by atoms with van der Waals surface area (Å²) < 4.78 is 1.04.